The zero-order valence-electron chi connectivity index (χ0n) is 11.8. The van der Waals surface area contributed by atoms with E-state index in [2.05, 4.69) is 46.8 Å². The number of aromatic nitrogens is 2. The van der Waals surface area contributed by atoms with Gasteiger partial charge in [0, 0.05) is 37.8 Å². The quantitative estimate of drug-likeness (QED) is 0.864. The van der Waals surface area contributed by atoms with Crippen molar-refractivity contribution in [3.05, 3.63) is 54.1 Å². The molecule has 3 nitrogen and oxygen atoms in total. The van der Waals surface area contributed by atoms with Crippen LogP contribution >= 0.6 is 0 Å². The lowest BCUT2D eigenvalue weighted by Crippen LogP contribution is -2.35. The summed E-state index contributed by atoms with van der Waals surface area (Å²) < 4.78 is 2.09. The predicted molar refractivity (Wildman–Crippen MR) is 79.0 cm³/mol. The summed E-state index contributed by atoms with van der Waals surface area (Å²) in [6.07, 6.45) is 6.90. The highest BCUT2D eigenvalue weighted by atomic mass is 15.0. The number of nitrogens with two attached hydrogens (primary N) is 1. The van der Waals surface area contributed by atoms with Gasteiger partial charge in [-0.25, -0.2) is 4.98 Å². The fourth-order valence-corrected chi connectivity index (χ4v) is 2.67. The molecule has 0 radical (unpaired) electrons. The summed E-state index contributed by atoms with van der Waals surface area (Å²) in [6, 6.07) is 10.6. The maximum absolute atomic E-state index is 6.10. The highest BCUT2D eigenvalue weighted by molar-refractivity contribution is 5.26. The lowest BCUT2D eigenvalue weighted by atomic mass is 9.74. The third-order valence-corrected chi connectivity index (χ3v) is 4.20. The van der Waals surface area contributed by atoms with E-state index in [0.29, 0.717) is 6.54 Å². The fraction of sp³-hybridized carbons (Fsp3) is 0.438. The Bertz CT molecular complexity index is 498. The van der Waals surface area contributed by atoms with E-state index in [0.717, 1.165) is 25.1 Å². The van der Waals surface area contributed by atoms with Gasteiger partial charge in [-0.3, -0.25) is 0 Å². The molecule has 0 bridgehead atoms. The first-order chi connectivity index (χ1) is 9.22. The van der Waals surface area contributed by atoms with Crippen LogP contribution in [-0.2, 0) is 18.9 Å². The normalized spacial score (nSPS) is 14.3. The summed E-state index contributed by atoms with van der Waals surface area (Å²) in [5.41, 5.74) is 7.51. The average molecular weight is 257 g/mol. The van der Waals surface area contributed by atoms with Gasteiger partial charge in [-0.05, 0) is 18.4 Å². The number of imidazole rings is 1. The predicted octanol–water partition coefficient (Wildman–Crippen LogP) is 2.66. The van der Waals surface area contributed by atoms with Crippen LogP contribution in [0.2, 0.25) is 0 Å². The zero-order valence-corrected chi connectivity index (χ0v) is 11.8. The molecule has 2 N–H and O–H groups in total. The summed E-state index contributed by atoms with van der Waals surface area (Å²) in [5, 5.41) is 0. The Kier molecular flexibility index (Phi) is 4.38. The minimum Gasteiger partial charge on any atom is -0.338 e. The van der Waals surface area contributed by atoms with Crippen molar-refractivity contribution in [2.75, 3.05) is 6.54 Å². The van der Waals surface area contributed by atoms with E-state index in [1.54, 1.807) is 0 Å². The van der Waals surface area contributed by atoms with E-state index < -0.39 is 0 Å². The van der Waals surface area contributed by atoms with Crippen LogP contribution in [0, 0.1) is 0 Å². The van der Waals surface area contributed by atoms with Crippen LogP contribution < -0.4 is 5.73 Å². The minimum absolute atomic E-state index is 0.0627. The average Bonchev–Trinajstić information content (AvgIpc) is 2.87. The summed E-state index contributed by atoms with van der Waals surface area (Å²) >= 11 is 0. The van der Waals surface area contributed by atoms with E-state index in [-0.39, 0.29) is 5.41 Å². The standard InChI is InChI=1S/C16H23N3/c1-3-16(13-17,14-7-5-4-6-8-14)10-9-15-18-11-12-19(15)2/h4-8,11-12H,3,9-10,13,17H2,1-2H3. The monoisotopic (exact) mass is 257 g/mol. The van der Waals surface area contributed by atoms with Crippen LogP contribution in [0.3, 0.4) is 0 Å². The lowest BCUT2D eigenvalue weighted by Gasteiger charge is -2.32. The van der Waals surface area contributed by atoms with Gasteiger partial charge in [0.05, 0.1) is 0 Å². The summed E-state index contributed by atoms with van der Waals surface area (Å²) in [6.45, 7) is 2.90. The molecule has 1 heterocycles. The molecule has 0 fully saturated rings. The van der Waals surface area contributed by atoms with E-state index in [9.17, 15) is 0 Å². The first-order valence-corrected chi connectivity index (χ1v) is 6.93. The highest BCUT2D eigenvalue weighted by Gasteiger charge is 2.28. The Morgan fingerprint density at radius 1 is 1.26 bits per heavy atom. The van der Waals surface area contributed by atoms with Crippen molar-refractivity contribution in [1.82, 2.24) is 9.55 Å². The number of rotatable bonds is 6. The number of benzene rings is 1. The molecule has 2 rings (SSSR count). The molecule has 1 atom stereocenters. The molecule has 0 aliphatic carbocycles. The van der Waals surface area contributed by atoms with Crippen LogP contribution in [-0.4, -0.2) is 16.1 Å². The molecule has 1 aromatic heterocycles. The van der Waals surface area contributed by atoms with Crippen LogP contribution in [0.4, 0.5) is 0 Å². The Labute approximate surface area is 115 Å². The minimum atomic E-state index is 0.0627. The maximum atomic E-state index is 6.10. The maximum Gasteiger partial charge on any atom is 0.108 e. The number of aryl methyl sites for hydroxylation is 2. The molecule has 0 spiro atoms. The molecule has 3 heteroatoms. The second-order valence-corrected chi connectivity index (χ2v) is 5.16. The van der Waals surface area contributed by atoms with E-state index in [4.69, 9.17) is 5.73 Å². The largest absolute Gasteiger partial charge is 0.338 e. The molecule has 2 aromatic rings. The Morgan fingerprint density at radius 2 is 2.00 bits per heavy atom. The SMILES string of the molecule is CCC(CN)(CCc1nccn1C)c1ccccc1. The number of nitrogens with zero attached hydrogens (tertiary/aromatic N) is 2. The van der Waals surface area contributed by atoms with E-state index in [1.807, 2.05) is 19.4 Å². The van der Waals surface area contributed by atoms with Gasteiger partial charge in [0.25, 0.3) is 0 Å². The third kappa shape index (κ3) is 2.87. The molecular weight excluding hydrogens is 234 g/mol. The highest BCUT2D eigenvalue weighted by Crippen LogP contribution is 2.31. The van der Waals surface area contributed by atoms with Crippen LogP contribution in [0.5, 0.6) is 0 Å². The van der Waals surface area contributed by atoms with Gasteiger partial charge in [0.2, 0.25) is 0 Å². The van der Waals surface area contributed by atoms with Crippen molar-refractivity contribution < 1.29 is 0 Å². The topological polar surface area (TPSA) is 43.8 Å². The molecule has 1 unspecified atom stereocenters. The Hall–Kier alpha value is -1.61. The molecule has 0 aliphatic heterocycles. The molecule has 0 saturated heterocycles. The van der Waals surface area contributed by atoms with Crippen molar-refractivity contribution in [3.63, 3.8) is 0 Å². The molecule has 0 aliphatic rings. The summed E-state index contributed by atoms with van der Waals surface area (Å²) in [5.74, 6) is 1.13. The van der Waals surface area contributed by atoms with Gasteiger partial charge >= 0.3 is 0 Å². The second kappa shape index (κ2) is 6.02. The molecule has 0 amide bonds. The van der Waals surface area contributed by atoms with E-state index >= 15 is 0 Å². The van der Waals surface area contributed by atoms with Gasteiger partial charge < -0.3 is 10.3 Å². The molecule has 1 aromatic carbocycles. The molecule has 0 saturated carbocycles. The Morgan fingerprint density at radius 3 is 2.53 bits per heavy atom. The van der Waals surface area contributed by atoms with Gasteiger partial charge in [0.1, 0.15) is 5.82 Å². The van der Waals surface area contributed by atoms with Gasteiger partial charge in [-0.1, -0.05) is 37.3 Å². The smallest absolute Gasteiger partial charge is 0.108 e. The number of hydrogen-bond acceptors (Lipinski definition) is 2. The first-order valence-electron chi connectivity index (χ1n) is 6.93. The summed E-state index contributed by atoms with van der Waals surface area (Å²) in [4.78, 5) is 4.40. The van der Waals surface area contributed by atoms with Crippen molar-refractivity contribution >= 4 is 0 Å². The zero-order chi connectivity index (χ0) is 13.7. The molecular formula is C16H23N3. The van der Waals surface area contributed by atoms with Gasteiger partial charge in [0.15, 0.2) is 0 Å². The number of hydrogen-bond donors (Lipinski definition) is 1. The lowest BCUT2D eigenvalue weighted by molar-refractivity contribution is 0.384. The fourth-order valence-electron chi connectivity index (χ4n) is 2.67. The molecule has 19 heavy (non-hydrogen) atoms. The summed E-state index contributed by atoms with van der Waals surface area (Å²) in [7, 11) is 2.04. The first kappa shape index (κ1) is 13.8. The van der Waals surface area contributed by atoms with Crippen molar-refractivity contribution in [1.29, 1.82) is 0 Å². The van der Waals surface area contributed by atoms with Gasteiger partial charge in [-0.15, -0.1) is 0 Å². The Balaban J connectivity index is 2.18. The second-order valence-electron chi connectivity index (χ2n) is 5.16. The van der Waals surface area contributed by atoms with Crippen molar-refractivity contribution in [3.8, 4) is 0 Å². The van der Waals surface area contributed by atoms with E-state index in [1.165, 1.54) is 5.56 Å². The van der Waals surface area contributed by atoms with Crippen LogP contribution in [0.15, 0.2) is 42.7 Å². The third-order valence-electron chi connectivity index (χ3n) is 4.20. The van der Waals surface area contributed by atoms with Crippen LogP contribution in [0.25, 0.3) is 0 Å². The van der Waals surface area contributed by atoms with Crippen LogP contribution in [0.1, 0.15) is 31.2 Å². The van der Waals surface area contributed by atoms with Crippen molar-refractivity contribution in [2.24, 2.45) is 12.8 Å². The van der Waals surface area contributed by atoms with Gasteiger partial charge in [-0.2, -0.15) is 0 Å². The van der Waals surface area contributed by atoms with Crippen molar-refractivity contribution in [2.45, 2.75) is 31.6 Å². The molecule has 102 valence electrons.